The number of aliphatic hydroxyl groups is 4. The first kappa shape index (κ1) is 17.5. The molecule has 1 heterocycles. The fourth-order valence-electron chi connectivity index (χ4n) is 3.12. The third-order valence-corrected chi connectivity index (χ3v) is 4.46. The molecule has 1 aromatic carbocycles. The van der Waals surface area contributed by atoms with E-state index in [9.17, 15) is 20.4 Å². The van der Waals surface area contributed by atoms with Crippen molar-refractivity contribution in [1.29, 1.82) is 0 Å². The highest BCUT2D eigenvalue weighted by atomic mass is 16.7. The van der Waals surface area contributed by atoms with E-state index < -0.39 is 49.5 Å². The molecule has 7 nitrogen and oxygen atoms in total. The summed E-state index contributed by atoms with van der Waals surface area (Å²) < 4.78 is 16.1. The highest BCUT2D eigenvalue weighted by Gasteiger charge is 2.46. The van der Waals surface area contributed by atoms with E-state index in [1.54, 1.807) is 12.1 Å². The molecule has 0 unspecified atom stereocenters. The molecule has 7 heteroatoms. The van der Waals surface area contributed by atoms with Crippen molar-refractivity contribution < 1.29 is 34.6 Å². The molecule has 24 heavy (non-hydrogen) atoms. The van der Waals surface area contributed by atoms with Crippen molar-refractivity contribution in [3.05, 3.63) is 41.5 Å². The molecule has 0 bridgehead atoms. The normalized spacial score (nSPS) is 38.8. The molecule has 7 atom stereocenters. The van der Waals surface area contributed by atoms with Crippen LogP contribution in [-0.4, -0.2) is 71.0 Å². The fraction of sp³-hybridized carbons (Fsp3) is 0.529. The Balaban J connectivity index is 1.79. The summed E-state index contributed by atoms with van der Waals surface area (Å²) in [6.45, 7) is -0.445. The van der Waals surface area contributed by atoms with E-state index >= 15 is 0 Å². The van der Waals surface area contributed by atoms with Gasteiger partial charge in [-0.3, -0.25) is 0 Å². The Morgan fingerprint density at radius 1 is 1.12 bits per heavy atom. The molecule has 2 aliphatic rings. The highest BCUT2D eigenvalue weighted by Crippen LogP contribution is 2.33. The summed E-state index contributed by atoms with van der Waals surface area (Å²) in [7, 11) is 1.35. The van der Waals surface area contributed by atoms with Crippen LogP contribution < -0.4 is 0 Å². The van der Waals surface area contributed by atoms with Crippen LogP contribution >= 0.6 is 0 Å². The number of aliphatic hydroxyl groups excluding tert-OH is 4. The van der Waals surface area contributed by atoms with Crippen LogP contribution in [0.4, 0.5) is 0 Å². The van der Waals surface area contributed by atoms with Gasteiger partial charge in [-0.2, -0.15) is 0 Å². The average Bonchev–Trinajstić information content (AvgIpc) is 2.61. The van der Waals surface area contributed by atoms with Gasteiger partial charge in [-0.15, -0.1) is 0 Å². The van der Waals surface area contributed by atoms with E-state index in [0.717, 1.165) is 5.56 Å². The average molecular weight is 338 g/mol. The minimum atomic E-state index is -1.26. The maximum Gasteiger partial charge on any atom is 0.186 e. The summed E-state index contributed by atoms with van der Waals surface area (Å²) in [6, 6.07) is 7.37. The first-order chi connectivity index (χ1) is 11.6. The summed E-state index contributed by atoms with van der Waals surface area (Å²) in [4.78, 5) is 0. The quantitative estimate of drug-likeness (QED) is 0.591. The number of ether oxygens (including phenoxy) is 3. The van der Waals surface area contributed by atoms with Crippen LogP contribution in [0.1, 0.15) is 17.2 Å². The van der Waals surface area contributed by atoms with Gasteiger partial charge in [0.25, 0.3) is 0 Å². The summed E-state index contributed by atoms with van der Waals surface area (Å²) >= 11 is 0. The number of fused-ring (bicyclic) bond motifs is 1. The second-order valence-electron chi connectivity index (χ2n) is 5.94. The lowest BCUT2D eigenvalue weighted by Gasteiger charge is -2.43. The maximum atomic E-state index is 10.5. The second-order valence-corrected chi connectivity index (χ2v) is 5.94. The Labute approximate surface area is 139 Å². The molecule has 1 fully saturated rings. The van der Waals surface area contributed by atoms with Gasteiger partial charge in [0.15, 0.2) is 6.29 Å². The largest absolute Gasteiger partial charge is 0.394 e. The number of rotatable bonds is 4. The molecular weight excluding hydrogens is 316 g/mol. The highest BCUT2D eigenvalue weighted by molar-refractivity contribution is 5.58. The summed E-state index contributed by atoms with van der Waals surface area (Å²) in [5.74, 6) is 0. The van der Waals surface area contributed by atoms with Crippen molar-refractivity contribution in [3.63, 3.8) is 0 Å². The summed E-state index contributed by atoms with van der Waals surface area (Å²) in [5, 5.41) is 40.4. The monoisotopic (exact) mass is 338 g/mol. The van der Waals surface area contributed by atoms with Crippen molar-refractivity contribution in [2.45, 2.75) is 42.9 Å². The molecule has 4 N–H and O–H groups in total. The Morgan fingerprint density at radius 3 is 2.58 bits per heavy atom. The molecule has 0 aromatic heterocycles. The third-order valence-electron chi connectivity index (χ3n) is 4.46. The van der Waals surface area contributed by atoms with E-state index in [2.05, 4.69) is 0 Å². The van der Waals surface area contributed by atoms with E-state index in [1.807, 2.05) is 24.3 Å². The van der Waals surface area contributed by atoms with Crippen molar-refractivity contribution in [2.24, 2.45) is 0 Å². The standard InChI is InChI=1S/C17H22O7/c1-22-17-15(21)16(14(20)12(8-18)24-17)23-11-7-6-9-4-2-3-5-10(9)13(11)19/h2-7,11-21H,8H2,1H3/t11-,12-,13-,14-,15+,16+,17+/m1/s1. The zero-order valence-electron chi connectivity index (χ0n) is 13.2. The van der Waals surface area contributed by atoms with Crippen LogP contribution in [0.2, 0.25) is 0 Å². The Bertz CT molecular complexity index is 574. The number of hydrogen-bond donors (Lipinski definition) is 4. The molecule has 1 aromatic rings. The molecule has 3 rings (SSSR count). The van der Waals surface area contributed by atoms with Crippen LogP contribution in [-0.2, 0) is 14.2 Å². The summed E-state index contributed by atoms with van der Waals surface area (Å²) in [6.07, 6.45) is -3.74. The molecular formula is C17H22O7. The zero-order chi connectivity index (χ0) is 17.3. The van der Waals surface area contributed by atoms with Gasteiger partial charge in [-0.05, 0) is 11.1 Å². The van der Waals surface area contributed by atoms with Gasteiger partial charge >= 0.3 is 0 Å². The smallest absolute Gasteiger partial charge is 0.186 e. The number of methoxy groups -OCH3 is 1. The second kappa shape index (κ2) is 7.28. The van der Waals surface area contributed by atoms with Crippen molar-refractivity contribution in [2.75, 3.05) is 13.7 Å². The Hall–Kier alpha value is -1.32. The van der Waals surface area contributed by atoms with E-state index in [4.69, 9.17) is 14.2 Å². The molecule has 1 aliphatic carbocycles. The molecule has 0 amide bonds. The SMILES string of the molecule is CO[C@H]1O[C@H](CO)[C@@H](O)[C@H](O[C@@H]2C=Cc3ccccc3[C@H]2O)[C@@H]1O. The topological polar surface area (TPSA) is 109 Å². The van der Waals surface area contributed by atoms with Crippen LogP contribution in [0.25, 0.3) is 6.08 Å². The molecule has 1 aliphatic heterocycles. The van der Waals surface area contributed by atoms with Crippen LogP contribution in [0.5, 0.6) is 0 Å². The van der Waals surface area contributed by atoms with Crippen LogP contribution in [0, 0.1) is 0 Å². The summed E-state index contributed by atoms with van der Waals surface area (Å²) in [5.41, 5.74) is 1.60. The zero-order valence-corrected chi connectivity index (χ0v) is 13.2. The van der Waals surface area contributed by atoms with Gasteiger partial charge in [0.1, 0.15) is 36.6 Å². The van der Waals surface area contributed by atoms with Gasteiger partial charge in [0.2, 0.25) is 0 Å². The van der Waals surface area contributed by atoms with Gasteiger partial charge in [0.05, 0.1) is 6.61 Å². The predicted molar refractivity (Wildman–Crippen MR) is 83.9 cm³/mol. The van der Waals surface area contributed by atoms with Gasteiger partial charge < -0.3 is 34.6 Å². The van der Waals surface area contributed by atoms with E-state index in [0.29, 0.717) is 5.56 Å². The fourth-order valence-corrected chi connectivity index (χ4v) is 3.12. The van der Waals surface area contributed by atoms with Crippen molar-refractivity contribution in [1.82, 2.24) is 0 Å². The molecule has 132 valence electrons. The minimum Gasteiger partial charge on any atom is -0.394 e. The lowest BCUT2D eigenvalue weighted by Crippen LogP contribution is -2.60. The Morgan fingerprint density at radius 2 is 1.88 bits per heavy atom. The van der Waals surface area contributed by atoms with Gasteiger partial charge in [-0.25, -0.2) is 0 Å². The first-order valence-electron chi connectivity index (χ1n) is 7.82. The van der Waals surface area contributed by atoms with Crippen LogP contribution in [0.3, 0.4) is 0 Å². The first-order valence-corrected chi connectivity index (χ1v) is 7.82. The minimum absolute atomic E-state index is 0.445. The Kier molecular flexibility index (Phi) is 5.31. The third kappa shape index (κ3) is 3.12. The molecule has 0 saturated carbocycles. The lowest BCUT2D eigenvalue weighted by molar-refractivity contribution is -0.307. The van der Waals surface area contributed by atoms with Crippen LogP contribution in [0.15, 0.2) is 30.3 Å². The number of hydrogen-bond acceptors (Lipinski definition) is 7. The van der Waals surface area contributed by atoms with E-state index in [1.165, 1.54) is 7.11 Å². The van der Waals surface area contributed by atoms with Gasteiger partial charge in [0, 0.05) is 7.11 Å². The van der Waals surface area contributed by atoms with Gasteiger partial charge in [-0.1, -0.05) is 36.4 Å². The lowest BCUT2D eigenvalue weighted by atomic mass is 9.92. The number of benzene rings is 1. The van der Waals surface area contributed by atoms with E-state index in [-0.39, 0.29) is 0 Å². The molecule has 1 saturated heterocycles. The molecule has 0 spiro atoms. The predicted octanol–water partition coefficient (Wildman–Crippen LogP) is -0.414. The maximum absolute atomic E-state index is 10.5. The molecule has 0 radical (unpaired) electrons. The van der Waals surface area contributed by atoms with Crippen molar-refractivity contribution in [3.8, 4) is 0 Å². The van der Waals surface area contributed by atoms with Crippen molar-refractivity contribution >= 4 is 6.08 Å².